The molecule has 0 bridgehead atoms. The normalized spacial score (nSPS) is 17.4. The number of rotatable bonds is 6. The molecule has 1 N–H and O–H groups in total. The van der Waals surface area contributed by atoms with Gasteiger partial charge in [-0.2, -0.15) is 5.26 Å². The van der Waals surface area contributed by atoms with E-state index in [9.17, 15) is 14.7 Å². The van der Waals surface area contributed by atoms with Crippen molar-refractivity contribution >= 4 is 23.1 Å². The molecular formula is C26H22N2O5. The molecule has 4 rings (SSSR count). The molecule has 2 heterocycles. The van der Waals surface area contributed by atoms with Gasteiger partial charge in [-0.3, -0.25) is 14.5 Å². The van der Waals surface area contributed by atoms with Gasteiger partial charge in [0.05, 0.1) is 30.1 Å². The maximum Gasteiger partial charge on any atom is 0.300 e. The molecule has 1 amide bonds. The van der Waals surface area contributed by atoms with Crippen LogP contribution in [-0.2, 0) is 9.59 Å². The predicted octanol–water partition coefficient (Wildman–Crippen LogP) is 4.81. The van der Waals surface area contributed by atoms with Crippen LogP contribution in [-0.4, -0.2) is 23.4 Å². The lowest BCUT2D eigenvalue weighted by atomic mass is 9.99. The van der Waals surface area contributed by atoms with Gasteiger partial charge in [0, 0.05) is 11.3 Å². The summed E-state index contributed by atoms with van der Waals surface area (Å²) in [6.07, 6.45) is 1.44. The summed E-state index contributed by atoms with van der Waals surface area (Å²) in [5.74, 6) is -0.582. The third-order valence-electron chi connectivity index (χ3n) is 5.24. The SMILES string of the molecule is CC(C)COc1ccc(/C(O)=C2/C(=O)C(=O)N(c3ccc(C#N)cc3)C2c2ccco2)cc1. The zero-order valence-corrected chi connectivity index (χ0v) is 18.2. The molecule has 3 aromatic rings. The Balaban J connectivity index is 1.77. The van der Waals surface area contributed by atoms with Crippen LogP contribution in [0.1, 0.15) is 36.8 Å². The number of ketones is 1. The minimum atomic E-state index is -0.954. The molecule has 1 aliphatic rings. The van der Waals surface area contributed by atoms with Crippen molar-refractivity contribution in [1.29, 1.82) is 5.26 Å². The van der Waals surface area contributed by atoms with E-state index in [1.54, 1.807) is 60.7 Å². The first-order chi connectivity index (χ1) is 15.9. The molecule has 0 spiro atoms. The van der Waals surface area contributed by atoms with Crippen molar-refractivity contribution in [3.05, 3.63) is 89.4 Å². The van der Waals surface area contributed by atoms with Gasteiger partial charge in [0.25, 0.3) is 11.7 Å². The molecule has 166 valence electrons. The maximum atomic E-state index is 13.0. The van der Waals surface area contributed by atoms with Crippen LogP contribution >= 0.6 is 0 Å². The summed E-state index contributed by atoms with van der Waals surface area (Å²) in [5.41, 5.74) is 1.13. The Hall–Kier alpha value is -4.31. The molecule has 2 aromatic carbocycles. The van der Waals surface area contributed by atoms with Crippen molar-refractivity contribution in [3.8, 4) is 11.8 Å². The number of aliphatic hydroxyl groups is 1. The summed E-state index contributed by atoms with van der Waals surface area (Å²) in [4.78, 5) is 27.3. The smallest absolute Gasteiger partial charge is 0.300 e. The Kier molecular flexibility index (Phi) is 6.01. The number of nitriles is 1. The second-order valence-electron chi connectivity index (χ2n) is 8.07. The van der Waals surface area contributed by atoms with E-state index < -0.39 is 17.7 Å². The lowest BCUT2D eigenvalue weighted by Crippen LogP contribution is -2.29. The number of aliphatic hydroxyl groups excluding tert-OH is 1. The number of carbonyl (C=O) groups excluding carboxylic acids is 2. The highest BCUT2D eigenvalue weighted by Gasteiger charge is 2.48. The molecular weight excluding hydrogens is 420 g/mol. The van der Waals surface area contributed by atoms with Gasteiger partial charge in [0.15, 0.2) is 0 Å². The summed E-state index contributed by atoms with van der Waals surface area (Å²) in [5, 5.41) is 20.2. The molecule has 7 heteroatoms. The zero-order valence-electron chi connectivity index (χ0n) is 18.2. The molecule has 7 nitrogen and oxygen atoms in total. The van der Waals surface area contributed by atoms with E-state index in [4.69, 9.17) is 14.4 Å². The summed E-state index contributed by atoms with van der Waals surface area (Å²) in [6, 6.07) is 17.3. The molecule has 0 saturated carbocycles. The van der Waals surface area contributed by atoms with Gasteiger partial charge in [0.1, 0.15) is 23.3 Å². The standard InChI is InChI=1S/C26H22N2O5/c1-16(2)15-33-20-11-7-18(8-12-20)24(29)22-23(21-4-3-13-32-21)28(26(31)25(22)30)19-9-5-17(14-27)6-10-19/h3-13,16,23,29H,15H2,1-2H3/b24-22-. The van der Waals surface area contributed by atoms with E-state index in [0.717, 1.165) is 0 Å². The highest BCUT2D eigenvalue weighted by Crippen LogP contribution is 2.42. The van der Waals surface area contributed by atoms with Crippen molar-refractivity contribution in [3.63, 3.8) is 0 Å². The van der Waals surface area contributed by atoms with Crippen molar-refractivity contribution in [1.82, 2.24) is 0 Å². The van der Waals surface area contributed by atoms with Crippen molar-refractivity contribution in [2.24, 2.45) is 5.92 Å². The number of amides is 1. The van der Waals surface area contributed by atoms with Gasteiger partial charge in [-0.15, -0.1) is 0 Å². The number of carbonyl (C=O) groups is 2. The van der Waals surface area contributed by atoms with E-state index in [0.29, 0.717) is 40.8 Å². The summed E-state index contributed by atoms with van der Waals surface area (Å²) < 4.78 is 11.2. The highest BCUT2D eigenvalue weighted by atomic mass is 16.5. The van der Waals surface area contributed by atoms with Crippen LogP contribution in [0.3, 0.4) is 0 Å². The Morgan fingerprint density at radius 1 is 1.12 bits per heavy atom. The Morgan fingerprint density at radius 2 is 1.82 bits per heavy atom. The quantitative estimate of drug-likeness (QED) is 0.334. The molecule has 0 aliphatic carbocycles. The third-order valence-corrected chi connectivity index (χ3v) is 5.24. The van der Waals surface area contributed by atoms with Gasteiger partial charge < -0.3 is 14.3 Å². The van der Waals surface area contributed by atoms with E-state index in [2.05, 4.69) is 0 Å². The average Bonchev–Trinajstić information content (AvgIpc) is 3.44. The van der Waals surface area contributed by atoms with E-state index >= 15 is 0 Å². The van der Waals surface area contributed by atoms with E-state index in [-0.39, 0.29) is 11.3 Å². The van der Waals surface area contributed by atoms with Crippen LogP contribution < -0.4 is 9.64 Å². The molecule has 1 fully saturated rings. The van der Waals surface area contributed by atoms with Crippen molar-refractivity contribution in [2.45, 2.75) is 19.9 Å². The first-order valence-corrected chi connectivity index (χ1v) is 10.5. The average molecular weight is 442 g/mol. The maximum absolute atomic E-state index is 13.0. The van der Waals surface area contributed by atoms with Crippen molar-refractivity contribution < 1.29 is 23.8 Å². The monoisotopic (exact) mass is 442 g/mol. The first-order valence-electron chi connectivity index (χ1n) is 10.5. The lowest BCUT2D eigenvalue weighted by molar-refractivity contribution is -0.132. The van der Waals surface area contributed by atoms with Gasteiger partial charge in [-0.25, -0.2) is 0 Å². The Labute approximate surface area is 191 Å². The fourth-order valence-corrected chi connectivity index (χ4v) is 3.64. The Bertz CT molecular complexity index is 1230. The highest BCUT2D eigenvalue weighted by molar-refractivity contribution is 6.51. The molecule has 1 unspecified atom stereocenters. The Morgan fingerprint density at radius 3 is 2.39 bits per heavy atom. The molecule has 1 aromatic heterocycles. The zero-order chi connectivity index (χ0) is 23.5. The predicted molar refractivity (Wildman–Crippen MR) is 121 cm³/mol. The van der Waals surface area contributed by atoms with Crippen LogP contribution in [0, 0.1) is 17.2 Å². The first kappa shape index (κ1) is 21.9. The van der Waals surface area contributed by atoms with Crippen molar-refractivity contribution in [2.75, 3.05) is 11.5 Å². The topological polar surface area (TPSA) is 104 Å². The molecule has 1 saturated heterocycles. The second-order valence-corrected chi connectivity index (χ2v) is 8.07. The number of ether oxygens (including phenoxy) is 1. The molecule has 0 radical (unpaired) electrons. The summed E-state index contributed by atoms with van der Waals surface area (Å²) >= 11 is 0. The fourth-order valence-electron chi connectivity index (χ4n) is 3.64. The van der Waals surface area contributed by atoms with Crippen LogP contribution in [0.5, 0.6) is 5.75 Å². The number of Topliss-reactive ketones (excluding diaryl/α,β-unsaturated/α-hetero) is 1. The van der Waals surface area contributed by atoms with E-state index in [1.165, 1.54) is 11.2 Å². The van der Waals surface area contributed by atoms with Gasteiger partial charge in [0.2, 0.25) is 0 Å². The second kappa shape index (κ2) is 9.05. The largest absolute Gasteiger partial charge is 0.507 e. The fraction of sp³-hybridized carbons (Fsp3) is 0.192. The summed E-state index contributed by atoms with van der Waals surface area (Å²) in [6.45, 7) is 4.64. The van der Waals surface area contributed by atoms with Crippen LogP contribution in [0.15, 0.2) is 76.9 Å². The molecule has 1 aliphatic heterocycles. The number of hydrogen-bond acceptors (Lipinski definition) is 6. The number of benzene rings is 2. The van der Waals surface area contributed by atoms with Gasteiger partial charge in [-0.1, -0.05) is 13.8 Å². The van der Waals surface area contributed by atoms with Crippen LogP contribution in [0.4, 0.5) is 5.69 Å². The number of hydrogen-bond donors (Lipinski definition) is 1. The number of nitrogens with zero attached hydrogens (tertiary/aromatic N) is 2. The molecule has 33 heavy (non-hydrogen) atoms. The van der Waals surface area contributed by atoms with Crippen LogP contribution in [0.2, 0.25) is 0 Å². The molecule has 1 atom stereocenters. The lowest BCUT2D eigenvalue weighted by Gasteiger charge is -2.23. The minimum Gasteiger partial charge on any atom is -0.507 e. The van der Waals surface area contributed by atoms with E-state index in [1.807, 2.05) is 19.9 Å². The van der Waals surface area contributed by atoms with Gasteiger partial charge in [-0.05, 0) is 66.6 Å². The van der Waals surface area contributed by atoms with Gasteiger partial charge >= 0.3 is 0 Å². The number of anilines is 1. The van der Waals surface area contributed by atoms with Crippen LogP contribution in [0.25, 0.3) is 5.76 Å². The third kappa shape index (κ3) is 4.23. The number of furan rings is 1. The summed E-state index contributed by atoms with van der Waals surface area (Å²) in [7, 11) is 0. The minimum absolute atomic E-state index is 0.0739.